The lowest BCUT2D eigenvalue weighted by Gasteiger charge is -1.98. The normalized spacial score (nSPS) is 6.48. The van der Waals surface area contributed by atoms with Crippen molar-refractivity contribution in [3.63, 3.8) is 0 Å². The van der Waals surface area contributed by atoms with E-state index < -0.39 is 0 Å². The summed E-state index contributed by atoms with van der Waals surface area (Å²) in [5.74, 6) is 0. The van der Waals surface area contributed by atoms with Gasteiger partial charge >= 0.3 is 0 Å². The fourth-order valence-electron chi connectivity index (χ4n) is 0.958. The maximum absolute atomic E-state index is 10.1. The van der Waals surface area contributed by atoms with Gasteiger partial charge in [0, 0.05) is 0 Å². The minimum absolute atomic E-state index is 0.0146. The number of rotatable bonds is 3. The van der Waals surface area contributed by atoms with Gasteiger partial charge in [0.1, 0.15) is 17.1 Å². The molecule has 1 aromatic carbocycles. The predicted molar refractivity (Wildman–Crippen MR) is 66.6 cm³/mol. The highest BCUT2D eigenvalue weighted by atomic mass is 16.1. The zero-order valence-electron chi connectivity index (χ0n) is 10.1. The van der Waals surface area contributed by atoms with Crippen LogP contribution in [0.15, 0.2) is 33.2 Å². The fourth-order valence-corrected chi connectivity index (χ4v) is 0.958. The van der Waals surface area contributed by atoms with Crippen molar-refractivity contribution in [3.05, 3.63) is 18.2 Å². The van der Waals surface area contributed by atoms with Gasteiger partial charge < -0.3 is 0 Å². The van der Waals surface area contributed by atoms with Crippen molar-refractivity contribution < 1.29 is 24.0 Å². The summed E-state index contributed by atoms with van der Waals surface area (Å²) < 4.78 is 0. The molecule has 0 aliphatic heterocycles. The standard InChI is InChI=1S/C9H3N3O3.2CHNO/c13-4-10-7-2-1-3-8(11-5-14)9(7)12-6-15;2*2-1-3/h1-3H;2*2H. The van der Waals surface area contributed by atoms with Gasteiger partial charge in [-0.05, 0) is 12.1 Å². The number of benzene rings is 1. The second-order valence-corrected chi connectivity index (χ2v) is 2.46. The van der Waals surface area contributed by atoms with Crippen molar-refractivity contribution in [1.29, 1.82) is 10.8 Å². The Kier molecular flexibility index (Phi) is 13.1. The van der Waals surface area contributed by atoms with Gasteiger partial charge in [-0.25, -0.2) is 34.8 Å². The average molecular weight is 287 g/mol. The molecule has 10 nitrogen and oxygen atoms in total. The molecule has 21 heavy (non-hydrogen) atoms. The summed E-state index contributed by atoms with van der Waals surface area (Å²) in [4.78, 5) is 56.8. The summed E-state index contributed by atoms with van der Waals surface area (Å²) in [6.07, 6.45) is 5.37. The van der Waals surface area contributed by atoms with E-state index >= 15 is 0 Å². The maximum Gasteiger partial charge on any atom is 0.240 e. The van der Waals surface area contributed by atoms with Gasteiger partial charge in [0.2, 0.25) is 30.4 Å². The highest BCUT2D eigenvalue weighted by Gasteiger charge is 2.06. The Balaban J connectivity index is 0. The zero-order valence-corrected chi connectivity index (χ0v) is 10.1. The lowest BCUT2D eigenvalue weighted by atomic mass is 10.2. The summed E-state index contributed by atoms with van der Waals surface area (Å²) in [5.41, 5.74) is 0.161. The quantitative estimate of drug-likeness (QED) is 0.630. The summed E-state index contributed by atoms with van der Waals surface area (Å²) in [5, 5.41) is 10.8. The second-order valence-electron chi connectivity index (χ2n) is 2.46. The van der Waals surface area contributed by atoms with Crippen molar-refractivity contribution in [3.8, 4) is 0 Å². The van der Waals surface area contributed by atoms with Crippen LogP contribution in [0.2, 0.25) is 0 Å². The molecule has 0 aliphatic rings. The third-order valence-corrected chi connectivity index (χ3v) is 1.48. The van der Waals surface area contributed by atoms with E-state index in [0.29, 0.717) is 0 Å². The van der Waals surface area contributed by atoms with E-state index in [1.54, 1.807) is 0 Å². The zero-order chi connectivity index (χ0) is 16.5. The molecule has 1 aromatic rings. The Hall–Kier alpha value is -3.88. The van der Waals surface area contributed by atoms with Crippen molar-refractivity contribution in [2.45, 2.75) is 0 Å². The minimum Gasteiger partial charge on any atom is -0.222 e. The van der Waals surface area contributed by atoms with Gasteiger partial charge in [-0.3, -0.25) is 0 Å². The van der Waals surface area contributed by atoms with Crippen LogP contribution < -0.4 is 0 Å². The molecule has 0 fully saturated rings. The number of nitrogens with zero attached hydrogens (tertiary/aromatic N) is 3. The number of isocyanates is 5. The highest BCUT2D eigenvalue weighted by molar-refractivity contribution is 5.80. The van der Waals surface area contributed by atoms with E-state index in [4.69, 9.17) is 20.4 Å². The highest BCUT2D eigenvalue weighted by Crippen LogP contribution is 2.36. The van der Waals surface area contributed by atoms with Crippen LogP contribution in [0.1, 0.15) is 0 Å². The Morgan fingerprint density at radius 2 is 1.05 bits per heavy atom. The monoisotopic (exact) mass is 287 g/mol. The third kappa shape index (κ3) is 8.79. The lowest BCUT2D eigenvalue weighted by molar-refractivity contribution is 0.562. The van der Waals surface area contributed by atoms with Gasteiger partial charge in [0.15, 0.2) is 0 Å². The first-order chi connectivity index (χ1) is 10.2. The Labute approximate surface area is 116 Å². The van der Waals surface area contributed by atoms with E-state index in [9.17, 15) is 14.4 Å². The molecule has 0 saturated carbocycles. The van der Waals surface area contributed by atoms with Crippen molar-refractivity contribution in [2.75, 3.05) is 0 Å². The molecule has 0 aliphatic carbocycles. The number of carbonyl (C=O) groups excluding carboxylic acids is 5. The number of nitrogens with one attached hydrogen (secondary N) is 2. The van der Waals surface area contributed by atoms with Crippen molar-refractivity contribution in [1.82, 2.24) is 0 Å². The number of aliphatic imine (C=N–C) groups is 3. The molecule has 0 saturated heterocycles. The molecule has 0 spiro atoms. The largest absolute Gasteiger partial charge is 0.240 e. The number of hydrogen-bond acceptors (Lipinski definition) is 10. The first-order valence-electron chi connectivity index (χ1n) is 4.61. The van der Waals surface area contributed by atoms with Crippen LogP contribution in [-0.4, -0.2) is 30.4 Å². The fraction of sp³-hybridized carbons (Fsp3) is 0. The van der Waals surface area contributed by atoms with Crippen molar-refractivity contribution in [2.24, 2.45) is 15.0 Å². The van der Waals surface area contributed by atoms with E-state index in [0.717, 1.165) is 12.2 Å². The van der Waals surface area contributed by atoms with Gasteiger partial charge in [0.05, 0.1) is 0 Å². The molecule has 1 rings (SSSR count). The van der Waals surface area contributed by atoms with Crippen LogP contribution >= 0.6 is 0 Å². The molecule has 0 aromatic heterocycles. The molecule has 0 radical (unpaired) electrons. The predicted octanol–water partition coefficient (Wildman–Crippen LogP) is 1.39. The molecule has 0 unspecified atom stereocenters. The molecule has 0 amide bonds. The maximum atomic E-state index is 10.1. The van der Waals surface area contributed by atoms with Crippen LogP contribution in [0.5, 0.6) is 0 Å². The molecular formula is C11H5N5O5. The van der Waals surface area contributed by atoms with Crippen LogP contribution in [0.3, 0.4) is 0 Å². The molecule has 2 N–H and O–H groups in total. The molecule has 10 heteroatoms. The van der Waals surface area contributed by atoms with Gasteiger partial charge in [-0.1, -0.05) is 6.07 Å². The molecule has 104 valence electrons. The average Bonchev–Trinajstić information content (AvgIpc) is 2.45. The van der Waals surface area contributed by atoms with Gasteiger partial charge in [-0.15, -0.1) is 0 Å². The van der Waals surface area contributed by atoms with E-state index in [1.807, 2.05) is 0 Å². The van der Waals surface area contributed by atoms with E-state index in [1.165, 1.54) is 36.4 Å². The summed E-state index contributed by atoms with van der Waals surface area (Å²) in [6.45, 7) is 0. The summed E-state index contributed by atoms with van der Waals surface area (Å²) in [6, 6.07) is 4.34. The molecule has 0 atom stereocenters. The van der Waals surface area contributed by atoms with Crippen LogP contribution in [0, 0.1) is 10.8 Å². The Morgan fingerprint density at radius 1 is 0.714 bits per heavy atom. The van der Waals surface area contributed by atoms with Crippen molar-refractivity contribution >= 4 is 47.5 Å². The third-order valence-electron chi connectivity index (χ3n) is 1.48. The molecule has 0 heterocycles. The second kappa shape index (κ2) is 14.2. The topological polar surface area (TPSA) is 170 Å². The van der Waals surface area contributed by atoms with E-state index in [2.05, 4.69) is 15.0 Å². The molecular weight excluding hydrogens is 282 g/mol. The van der Waals surface area contributed by atoms with Crippen LogP contribution in [0.25, 0.3) is 0 Å². The summed E-state index contributed by atoms with van der Waals surface area (Å²) >= 11 is 0. The number of para-hydroxylation sites is 1. The lowest BCUT2D eigenvalue weighted by Crippen LogP contribution is -1.71. The van der Waals surface area contributed by atoms with Crippen LogP contribution in [-0.2, 0) is 24.0 Å². The minimum atomic E-state index is -0.0146. The van der Waals surface area contributed by atoms with Gasteiger partial charge in [-0.2, -0.15) is 15.0 Å². The van der Waals surface area contributed by atoms with Gasteiger partial charge in [0.25, 0.3) is 0 Å². The van der Waals surface area contributed by atoms with E-state index in [-0.39, 0.29) is 17.1 Å². The first kappa shape index (κ1) is 19.5. The number of hydrogen-bond donors (Lipinski definition) is 2. The Bertz CT molecular complexity index is 635. The SMILES string of the molecule is N=C=O.N=C=O.O=C=Nc1cccc(N=C=O)c1N=C=O. The molecule has 0 bridgehead atoms. The Morgan fingerprint density at radius 3 is 1.33 bits per heavy atom. The summed E-state index contributed by atoms with van der Waals surface area (Å²) in [7, 11) is 0. The first-order valence-corrected chi connectivity index (χ1v) is 4.61. The van der Waals surface area contributed by atoms with Crippen LogP contribution in [0.4, 0.5) is 17.1 Å². The smallest absolute Gasteiger partial charge is 0.222 e.